The Morgan fingerprint density at radius 1 is 1.30 bits per heavy atom. The van der Waals surface area contributed by atoms with Crippen LogP contribution >= 0.6 is 11.3 Å². The number of carbonyl (C=O) groups is 1. The molecule has 1 atom stereocenters. The molecule has 104 valence electrons. The van der Waals surface area contributed by atoms with Crippen molar-refractivity contribution in [1.29, 1.82) is 0 Å². The number of benzene rings is 1. The third-order valence-electron chi connectivity index (χ3n) is 3.50. The maximum Gasteiger partial charge on any atom is 0.226 e. The molecule has 1 aliphatic rings. The Labute approximate surface area is 122 Å². The Morgan fingerprint density at radius 3 is 3.05 bits per heavy atom. The van der Waals surface area contributed by atoms with E-state index in [1.54, 1.807) is 11.3 Å². The number of hydrogen-bond donors (Lipinski definition) is 1. The molecule has 3 rings (SSSR count). The van der Waals surface area contributed by atoms with Crippen molar-refractivity contribution in [3.05, 3.63) is 52.2 Å². The quantitative estimate of drug-likeness (QED) is 0.939. The molecular weight excluding hydrogens is 270 g/mol. The minimum atomic E-state index is -0.0757. The van der Waals surface area contributed by atoms with Crippen molar-refractivity contribution in [2.75, 3.05) is 13.2 Å². The number of para-hydroxylation sites is 1. The van der Waals surface area contributed by atoms with Gasteiger partial charge in [0.2, 0.25) is 5.91 Å². The highest BCUT2D eigenvalue weighted by molar-refractivity contribution is 7.09. The predicted octanol–water partition coefficient (Wildman–Crippen LogP) is 2.66. The fourth-order valence-corrected chi connectivity index (χ4v) is 3.11. The van der Waals surface area contributed by atoms with E-state index in [9.17, 15) is 4.79 Å². The molecule has 1 amide bonds. The minimum Gasteiger partial charge on any atom is -0.492 e. The van der Waals surface area contributed by atoms with Crippen LogP contribution in [0.3, 0.4) is 0 Å². The SMILES string of the molecule is O=C(NCCc1cccs1)[C@@H]1COc2ccccc2C1. The van der Waals surface area contributed by atoms with E-state index in [0.717, 1.165) is 24.2 Å². The van der Waals surface area contributed by atoms with Gasteiger partial charge in [-0.2, -0.15) is 0 Å². The number of rotatable bonds is 4. The van der Waals surface area contributed by atoms with E-state index in [-0.39, 0.29) is 11.8 Å². The largest absolute Gasteiger partial charge is 0.492 e. The van der Waals surface area contributed by atoms with E-state index >= 15 is 0 Å². The maximum atomic E-state index is 12.1. The van der Waals surface area contributed by atoms with Crippen LogP contribution < -0.4 is 10.1 Å². The highest BCUT2D eigenvalue weighted by Gasteiger charge is 2.25. The molecule has 0 radical (unpaired) electrons. The van der Waals surface area contributed by atoms with Gasteiger partial charge in [0, 0.05) is 11.4 Å². The number of hydrogen-bond acceptors (Lipinski definition) is 3. The molecule has 1 aromatic heterocycles. The molecule has 0 fully saturated rings. The van der Waals surface area contributed by atoms with Gasteiger partial charge in [-0.15, -0.1) is 11.3 Å². The van der Waals surface area contributed by atoms with Crippen molar-refractivity contribution in [3.63, 3.8) is 0 Å². The Balaban J connectivity index is 1.51. The second kappa shape index (κ2) is 6.09. The van der Waals surface area contributed by atoms with E-state index in [1.807, 2.05) is 30.3 Å². The first-order valence-electron chi connectivity index (χ1n) is 6.84. The molecule has 0 saturated heterocycles. The van der Waals surface area contributed by atoms with Gasteiger partial charge in [0.25, 0.3) is 0 Å². The maximum absolute atomic E-state index is 12.1. The first-order valence-corrected chi connectivity index (χ1v) is 7.71. The van der Waals surface area contributed by atoms with Crippen LogP contribution in [0.15, 0.2) is 41.8 Å². The molecule has 0 saturated carbocycles. The van der Waals surface area contributed by atoms with Crippen LogP contribution in [-0.4, -0.2) is 19.1 Å². The molecule has 0 spiro atoms. The average molecular weight is 287 g/mol. The van der Waals surface area contributed by atoms with Gasteiger partial charge in [-0.3, -0.25) is 4.79 Å². The lowest BCUT2D eigenvalue weighted by Gasteiger charge is -2.24. The van der Waals surface area contributed by atoms with Crippen molar-refractivity contribution < 1.29 is 9.53 Å². The summed E-state index contributed by atoms with van der Waals surface area (Å²) in [7, 11) is 0. The molecule has 3 nitrogen and oxygen atoms in total. The number of thiophene rings is 1. The van der Waals surface area contributed by atoms with Gasteiger partial charge in [-0.25, -0.2) is 0 Å². The fraction of sp³-hybridized carbons (Fsp3) is 0.312. The summed E-state index contributed by atoms with van der Waals surface area (Å²) in [6, 6.07) is 12.1. The second-order valence-electron chi connectivity index (χ2n) is 4.94. The first-order chi connectivity index (χ1) is 9.83. The molecular formula is C16H17NO2S. The molecule has 1 N–H and O–H groups in total. The van der Waals surface area contributed by atoms with Crippen LogP contribution in [0.2, 0.25) is 0 Å². The summed E-state index contributed by atoms with van der Waals surface area (Å²) in [5, 5.41) is 5.07. The molecule has 2 aromatic rings. The number of nitrogens with one attached hydrogen (secondary N) is 1. The summed E-state index contributed by atoms with van der Waals surface area (Å²) in [4.78, 5) is 13.5. The summed E-state index contributed by atoms with van der Waals surface area (Å²) >= 11 is 1.72. The minimum absolute atomic E-state index is 0.0757. The van der Waals surface area contributed by atoms with Crippen molar-refractivity contribution in [2.24, 2.45) is 5.92 Å². The monoisotopic (exact) mass is 287 g/mol. The van der Waals surface area contributed by atoms with Crippen molar-refractivity contribution in [1.82, 2.24) is 5.32 Å². The van der Waals surface area contributed by atoms with Gasteiger partial charge in [0.1, 0.15) is 12.4 Å². The van der Waals surface area contributed by atoms with E-state index in [1.165, 1.54) is 4.88 Å². The topological polar surface area (TPSA) is 38.3 Å². The highest BCUT2D eigenvalue weighted by Crippen LogP contribution is 2.26. The smallest absolute Gasteiger partial charge is 0.226 e. The number of amides is 1. The summed E-state index contributed by atoms with van der Waals surface area (Å²) in [6.45, 7) is 1.17. The fourth-order valence-electron chi connectivity index (χ4n) is 2.40. The molecule has 0 aliphatic carbocycles. The number of carbonyl (C=O) groups excluding carboxylic acids is 1. The standard InChI is InChI=1S/C16H17NO2S/c18-16(17-8-7-14-5-3-9-20-14)13-10-12-4-1-2-6-15(12)19-11-13/h1-6,9,13H,7-8,10-11H2,(H,17,18)/t13-/m0/s1. The summed E-state index contributed by atoms with van der Waals surface area (Å²) in [5.41, 5.74) is 1.12. The lowest BCUT2D eigenvalue weighted by Crippen LogP contribution is -2.38. The number of ether oxygens (including phenoxy) is 1. The molecule has 1 aromatic carbocycles. The lowest BCUT2D eigenvalue weighted by molar-refractivity contribution is -0.126. The Morgan fingerprint density at radius 2 is 2.20 bits per heavy atom. The van der Waals surface area contributed by atoms with Crippen molar-refractivity contribution in [2.45, 2.75) is 12.8 Å². The molecule has 0 unspecified atom stereocenters. The summed E-state index contributed by atoms with van der Waals surface area (Å²) in [5.74, 6) is 0.930. The zero-order chi connectivity index (χ0) is 13.8. The van der Waals surface area contributed by atoms with Crippen LogP contribution in [-0.2, 0) is 17.6 Å². The summed E-state index contributed by atoms with van der Waals surface area (Å²) in [6.07, 6.45) is 1.66. The summed E-state index contributed by atoms with van der Waals surface area (Å²) < 4.78 is 5.65. The van der Waals surface area contributed by atoms with Crippen LogP contribution in [0, 0.1) is 5.92 Å². The molecule has 20 heavy (non-hydrogen) atoms. The molecule has 0 bridgehead atoms. The van der Waals surface area contributed by atoms with Gasteiger partial charge in [-0.05, 0) is 35.9 Å². The van der Waals surface area contributed by atoms with Gasteiger partial charge in [0.05, 0.1) is 5.92 Å². The van der Waals surface area contributed by atoms with Crippen LogP contribution in [0.25, 0.3) is 0 Å². The first kappa shape index (κ1) is 13.2. The average Bonchev–Trinajstić information content (AvgIpc) is 3.00. The normalized spacial score (nSPS) is 17.1. The Bertz CT molecular complexity index is 580. The zero-order valence-electron chi connectivity index (χ0n) is 11.2. The van der Waals surface area contributed by atoms with Gasteiger partial charge in [0.15, 0.2) is 0 Å². The Kier molecular flexibility index (Phi) is 4.02. The van der Waals surface area contributed by atoms with E-state index in [0.29, 0.717) is 13.2 Å². The van der Waals surface area contributed by atoms with Gasteiger partial charge in [-0.1, -0.05) is 24.3 Å². The third kappa shape index (κ3) is 3.02. The van der Waals surface area contributed by atoms with Crippen molar-refractivity contribution >= 4 is 17.2 Å². The van der Waals surface area contributed by atoms with E-state index < -0.39 is 0 Å². The van der Waals surface area contributed by atoms with Crippen LogP contribution in [0.5, 0.6) is 5.75 Å². The lowest BCUT2D eigenvalue weighted by atomic mass is 9.96. The predicted molar refractivity (Wildman–Crippen MR) is 80.2 cm³/mol. The van der Waals surface area contributed by atoms with Gasteiger partial charge >= 0.3 is 0 Å². The van der Waals surface area contributed by atoms with Crippen LogP contribution in [0.4, 0.5) is 0 Å². The van der Waals surface area contributed by atoms with Gasteiger partial charge < -0.3 is 10.1 Å². The third-order valence-corrected chi connectivity index (χ3v) is 4.44. The van der Waals surface area contributed by atoms with E-state index in [4.69, 9.17) is 4.74 Å². The Hall–Kier alpha value is -1.81. The molecule has 2 heterocycles. The molecule has 4 heteroatoms. The van der Waals surface area contributed by atoms with Crippen LogP contribution in [0.1, 0.15) is 10.4 Å². The van der Waals surface area contributed by atoms with E-state index in [2.05, 4.69) is 16.8 Å². The second-order valence-corrected chi connectivity index (χ2v) is 5.97. The van der Waals surface area contributed by atoms with Crippen molar-refractivity contribution in [3.8, 4) is 5.75 Å². The number of fused-ring (bicyclic) bond motifs is 1. The highest BCUT2D eigenvalue weighted by atomic mass is 32.1. The zero-order valence-corrected chi connectivity index (χ0v) is 12.0. The molecule has 1 aliphatic heterocycles.